The summed E-state index contributed by atoms with van der Waals surface area (Å²) in [6, 6.07) is 0.511. The highest BCUT2D eigenvalue weighted by Gasteiger charge is 2.31. The van der Waals surface area contributed by atoms with Gasteiger partial charge in [0.05, 0.1) is 6.04 Å². The van der Waals surface area contributed by atoms with Gasteiger partial charge in [-0.2, -0.15) is 0 Å². The monoisotopic (exact) mass is 250 g/mol. The summed E-state index contributed by atoms with van der Waals surface area (Å²) in [5, 5.41) is 0. The quantitative estimate of drug-likeness (QED) is 0.339. The van der Waals surface area contributed by atoms with E-state index in [4.69, 9.17) is 10.8 Å². The molecule has 0 aromatic carbocycles. The van der Waals surface area contributed by atoms with E-state index in [-0.39, 0.29) is 0 Å². The van der Waals surface area contributed by atoms with Crippen LogP contribution in [-0.2, 0) is 0 Å². The van der Waals surface area contributed by atoms with Crippen molar-refractivity contribution in [1.29, 1.82) is 0 Å². The molecule has 18 heavy (non-hydrogen) atoms. The summed E-state index contributed by atoms with van der Waals surface area (Å²) in [6.07, 6.45) is 10.7. The summed E-state index contributed by atoms with van der Waals surface area (Å²) >= 11 is 0. The van der Waals surface area contributed by atoms with Crippen molar-refractivity contribution in [3.8, 4) is 0 Å². The van der Waals surface area contributed by atoms with Crippen molar-refractivity contribution in [2.24, 2.45) is 22.7 Å². The Kier molecular flexibility index (Phi) is 3.73. The van der Waals surface area contributed by atoms with Gasteiger partial charge in [-0.3, -0.25) is 5.43 Å². The fourth-order valence-electron chi connectivity index (χ4n) is 2.89. The fourth-order valence-corrected chi connectivity index (χ4v) is 2.89. The van der Waals surface area contributed by atoms with Gasteiger partial charge < -0.3 is 4.90 Å². The Bertz CT molecular complexity index is 287. The highest BCUT2D eigenvalue weighted by Crippen LogP contribution is 2.34. The summed E-state index contributed by atoms with van der Waals surface area (Å²) in [4.78, 5) is 7.29. The van der Waals surface area contributed by atoms with E-state index in [9.17, 15) is 0 Å². The maximum atomic E-state index is 5.72. The zero-order valence-electron chi connectivity index (χ0n) is 11.3. The van der Waals surface area contributed by atoms with E-state index in [1.165, 1.54) is 51.4 Å². The minimum absolute atomic E-state index is 0.511. The first-order valence-corrected chi connectivity index (χ1v) is 7.64. The topological polar surface area (TPSA) is 53.6 Å². The Morgan fingerprint density at radius 1 is 1.00 bits per heavy atom. The molecule has 0 aliphatic heterocycles. The van der Waals surface area contributed by atoms with Crippen LogP contribution in [0.15, 0.2) is 4.99 Å². The molecule has 0 unspecified atom stereocenters. The number of hydrogen-bond acceptors (Lipinski definition) is 2. The lowest BCUT2D eigenvalue weighted by Gasteiger charge is -2.26. The van der Waals surface area contributed by atoms with Crippen molar-refractivity contribution in [2.45, 2.75) is 57.4 Å². The third kappa shape index (κ3) is 3.37. The normalized spacial score (nSPS) is 25.5. The number of nitrogens with two attached hydrogens (primary N) is 1. The van der Waals surface area contributed by atoms with Gasteiger partial charge in [-0.05, 0) is 50.4 Å². The Hall–Kier alpha value is -0.770. The van der Waals surface area contributed by atoms with Gasteiger partial charge in [-0.15, -0.1) is 0 Å². The molecule has 3 saturated carbocycles. The number of nitrogens with one attached hydrogen (secondary N) is 1. The molecule has 0 spiro atoms. The first-order valence-electron chi connectivity index (χ1n) is 7.64. The molecular weight excluding hydrogens is 224 g/mol. The molecule has 0 aromatic heterocycles. The van der Waals surface area contributed by atoms with Crippen molar-refractivity contribution in [3.05, 3.63) is 0 Å². The summed E-state index contributed by atoms with van der Waals surface area (Å²) < 4.78 is 0. The summed E-state index contributed by atoms with van der Waals surface area (Å²) in [5.74, 6) is 8.47. The molecule has 3 fully saturated rings. The smallest absolute Gasteiger partial charge is 0.208 e. The van der Waals surface area contributed by atoms with Gasteiger partial charge in [0.1, 0.15) is 0 Å². The predicted octanol–water partition coefficient (Wildman–Crippen LogP) is 1.87. The molecular formula is C14H26N4. The largest absolute Gasteiger partial charge is 0.341 e. The first-order chi connectivity index (χ1) is 8.85. The lowest BCUT2D eigenvalue weighted by Crippen LogP contribution is -2.47. The van der Waals surface area contributed by atoms with Gasteiger partial charge in [0.15, 0.2) is 0 Å². The van der Waals surface area contributed by atoms with Crippen LogP contribution >= 0.6 is 0 Å². The molecule has 0 aromatic rings. The van der Waals surface area contributed by atoms with E-state index in [0.29, 0.717) is 6.04 Å². The van der Waals surface area contributed by atoms with Crippen LogP contribution in [0.5, 0.6) is 0 Å². The molecule has 4 heteroatoms. The fraction of sp³-hybridized carbons (Fsp3) is 0.929. The molecule has 4 nitrogen and oxygen atoms in total. The second kappa shape index (κ2) is 5.47. The van der Waals surface area contributed by atoms with Crippen molar-refractivity contribution in [3.63, 3.8) is 0 Å². The molecule has 0 amide bonds. The molecule has 0 radical (unpaired) electrons. The second-order valence-electron chi connectivity index (χ2n) is 6.33. The average molecular weight is 250 g/mol. The molecule has 3 rings (SSSR count). The van der Waals surface area contributed by atoms with Crippen LogP contribution in [0.4, 0.5) is 0 Å². The van der Waals surface area contributed by atoms with Crippen LogP contribution in [0.3, 0.4) is 0 Å². The van der Waals surface area contributed by atoms with E-state index in [0.717, 1.165) is 30.9 Å². The third-order valence-corrected chi connectivity index (χ3v) is 4.41. The van der Waals surface area contributed by atoms with Crippen molar-refractivity contribution in [1.82, 2.24) is 10.3 Å². The van der Waals surface area contributed by atoms with E-state index < -0.39 is 0 Å². The first kappa shape index (κ1) is 12.3. The highest BCUT2D eigenvalue weighted by atomic mass is 15.4. The molecule has 0 heterocycles. The van der Waals surface area contributed by atoms with E-state index in [1.807, 2.05) is 0 Å². The Balaban J connectivity index is 1.63. The minimum atomic E-state index is 0.511. The van der Waals surface area contributed by atoms with E-state index >= 15 is 0 Å². The van der Waals surface area contributed by atoms with Crippen LogP contribution in [-0.4, -0.2) is 30.0 Å². The third-order valence-electron chi connectivity index (χ3n) is 4.41. The molecule has 0 bridgehead atoms. The second-order valence-corrected chi connectivity index (χ2v) is 6.33. The maximum Gasteiger partial charge on any atom is 0.208 e. The summed E-state index contributed by atoms with van der Waals surface area (Å²) in [7, 11) is 0. The molecule has 0 saturated heterocycles. The van der Waals surface area contributed by atoms with Gasteiger partial charge in [-0.25, -0.2) is 10.8 Å². The van der Waals surface area contributed by atoms with Crippen LogP contribution in [0.1, 0.15) is 51.4 Å². The Labute approximate surface area is 110 Å². The van der Waals surface area contributed by atoms with Crippen LogP contribution in [0.2, 0.25) is 0 Å². The number of hydrazine groups is 1. The summed E-state index contributed by atoms with van der Waals surface area (Å²) in [6.45, 7) is 2.32. The molecule has 3 N–H and O–H groups in total. The van der Waals surface area contributed by atoms with Crippen LogP contribution in [0.25, 0.3) is 0 Å². The summed E-state index contributed by atoms with van der Waals surface area (Å²) in [5.41, 5.74) is 2.87. The minimum Gasteiger partial charge on any atom is -0.341 e. The number of aliphatic imine (C=N–C) groups is 1. The van der Waals surface area contributed by atoms with Crippen LogP contribution < -0.4 is 11.3 Å². The van der Waals surface area contributed by atoms with Gasteiger partial charge in [0.25, 0.3) is 0 Å². The maximum absolute atomic E-state index is 5.72. The lowest BCUT2D eigenvalue weighted by atomic mass is 10.3. The number of nitrogens with zero attached hydrogens (tertiary/aromatic N) is 2. The lowest BCUT2D eigenvalue weighted by molar-refractivity contribution is 0.367. The van der Waals surface area contributed by atoms with Crippen molar-refractivity contribution in [2.75, 3.05) is 13.1 Å². The Morgan fingerprint density at radius 3 is 2.00 bits per heavy atom. The SMILES string of the molecule is NNC(=NC1CCCC1)N(CC1CC1)CC1CC1. The van der Waals surface area contributed by atoms with E-state index in [1.54, 1.807) is 0 Å². The molecule has 0 atom stereocenters. The number of hydrogen-bond donors (Lipinski definition) is 2. The Morgan fingerprint density at radius 2 is 1.56 bits per heavy atom. The highest BCUT2D eigenvalue weighted by molar-refractivity contribution is 5.79. The molecule has 102 valence electrons. The van der Waals surface area contributed by atoms with E-state index in [2.05, 4.69) is 10.3 Å². The van der Waals surface area contributed by atoms with Crippen LogP contribution in [0, 0.1) is 11.8 Å². The van der Waals surface area contributed by atoms with Gasteiger partial charge in [0.2, 0.25) is 5.96 Å². The molecule has 3 aliphatic rings. The zero-order chi connectivity index (χ0) is 12.4. The molecule has 3 aliphatic carbocycles. The standard InChI is InChI=1S/C14H26N4/c15-17-14(16-13-3-1-2-4-13)18(9-11-5-6-11)10-12-7-8-12/h11-13H,1-10,15H2,(H,16,17). The number of rotatable bonds is 5. The average Bonchev–Trinajstić information content (AvgIpc) is 3.29. The van der Waals surface area contributed by atoms with Crippen molar-refractivity contribution >= 4 is 5.96 Å². The van der Waals surface area contributed by atoms with Gasteiger partial charge in [-0.1, -0.05) is 12.8 Å². The van der Waals surface area contributed by atoms with Crippen molar-refractivity contribution < 1.29 is 0 Å². The predicted molar refractivity (Wildman–Crippen MR) is 74.0 cm³/mol. The van der Waals surface area contributed by atoms with Gasteiger partial charge >= 0.3 is 0 Å². The van der Waals surface area contributed by atoms with Gasteiger partial charge in [0, 0.05) is 13.1 Å². The number of guanidine groups is 1. The zero-order valence-corrected chi connectivity index (χ0v) is 11.3.